The number of nitrogens with one attached hydrogen (secondary N) is 1. The zero-order valence-corrected chi connectivity index (χ0v) is 19.0. The number of carbonyl (C=O) groups is 1. The number of sulfonamides is 1. The van der Waals surface area contributed by atoms with E-state index in [1.54, 1.807) is 36.4 Å². The fraction of sp³-hybridized carbons (Fsp3) is 0.350. The van der Waals surface area contributed by atoms with Crippen LogP contribution in [0.25, 0.3) is 0 Å². The molecule has 0 spiro atoms. The number of benzene rings is 2. The first kappa shape index (κ1) is 22.9. The van der Waals surface area contributed by atoms with Crippen LogP contribution < -0.4 is 5.32 Å². The Morgan fingerprint density at radius 2 is 1.75 bits per heavy atom. The zero-order valence-electron chi connectivity index (χ0n) is 15.9. The lowest BCUT2D eigenvalue weighted by Gasteiger charge is -2.23. The predicted octanol–water partition coefficient (Wildman–Crippen LogP) is 4.60. The van der Waals surface area contributed by atoms with Crippen LogP contribution in [-0.2, 0) is 21.4 Å². The molecule has 0 aliphatic carbocycles. The van der Waals surface area contributed by atoms with E-state index < -0.39 is 10.0 Å². The maximum Gasteiger partial charge on any atom is 0.243 e. The quantitative estimate of drug-likeness (QED) is 0.562. The summed E-state index contributed by atoms with van der Waals surface area (Å²) < 4.78 is 28.3. The first-order chi connectivity index (χ1) is 13.2. The second-order valence-electron chi connectivity index (χ2n) is 6.61. The average molecular weight is 488 g/mol. The summed E-state index contributed by atoms with van der Waals surface area (Å²) in [5, 5.41) is 3.43. The minimum absolute atomic E-state index is 0.00901. The molecule has 8 heteroatoms. The molecule has 0 heterocycles. The number of amides is 1. The van der Waals surface area contributed by atoms with Crippen LogP contribution in [0, 0.1) is 0 Å². The molecular weight excluding hydrogens is 464 g/mol. The van der Waals surface area contributed by atoms with E-state index in [9.17, 15) is 13.2 Å². The van der Waals surface area contributed by atoms with Crippen LogP contribution in [-0.4, -0.2) is 31.2 Å². The van der Waals surface area contributed by atoms with Gasteiger partial charge in [0, 0.05) is 22.1 Å². The van der Waals surface area contributed by atoms with Gasteiger partial charge >= 0.3 is 0 Å². The van der Waals surface area contributed by atoms with Gasteiger partial charge in [0.05, 0.1) is 11.4 Å². The van der Waals surface area contributed by atoms with Crippen molar-refractivity contribution in [3.8, 4) is 0 Å². The molecule has 0 saturated heterocycles. The first-order valence-electron chi connectivity index (χ1n) is 9.02. The molecular formula is C20H24BrClN2O3S. The van der Waals surface area contributed by atoms with Crippen molar-refractivity contribution in [2.75, 3.05) is 6.54 Å². The molecule has 0 unspecified atom stereocenters. The van der Waals surface area contributed by atoms with Crippen molar-refractivity contribution < 1.29 is 13.2 Å². The molecule has 1 atom stereocenters. The van der Waals surface area contributed by atoms with E-state index in [-0.39, 0.29) is 29.9 Å². The summed E-state index contributed by atoms with van der Waals surface area (Å²) in [5.74, 6) is -0.324. The summed E-state index contributed by atoms with van der Waals surface area (Å²) >= 11 is 9.23. The van der Waals surface area contributed by atoms with Crippen LogP contribution in [0.3, 0.4) is 0 Å². The third-order valence-electron chi connectivity index (χ3n) is 4.17. The second kappa shape index (κ2) is 10.4. The van der Waals surface area contributed by atoms with Crippen LogP contribution in [0.1, 0.15) is 32.3 Å². The third-order valence-corrected chi connectivity index (χ3v) is 6.76. The Hall–Kier alpha value is -1.41. The van der Waals surface area contributed by atoms with Gasteiger partial charge in [0.15, 0.2) is 0 Å². The monoisotopic (exact) mass is 486 g/mol. The number of nitrogens with zero attached hydrogens (tertiary/aromatic N) is 1. The van der Waals surface area contributed by atoms with Crippen molar-refractivity contribution in [3.05, 3.63) is 63.6 Å². The molecule has 1 amide bonds. The van der Waals surface area contributed by atoms with Crippen LogP contribution >= 0.6 is 27.5 Å². The summed E-state index contributed by atoms with van der Waals surface area (Å²) in [6.07, 6.45) is 1.77. The van der Waals surface area contributed by atoms with Crippen molar-refractivity contribution >= 4 is 43.5 Å². The summed E-state index contributed by atoms with van der Waals surface area (Å²) in [5.41, 5.74) is 0.750. The molecule has 2 rings (SSSR count). The number of halogens is 2. The molecule has 0 aromatic heterocycles. The molecule has 0 saturated carbocycles. The SMILES string of the molecule is CCC[C@H](C)NC(=O)CN(Cc1ccc(Cl)cc1)S(=O)(=O)c1ccc(Br)cc1. The second-order valence-corrected chi connectivity index (χ2v) is 9.90. The molecule has 28 heavy (non-hydrogen) atoms. The van der Waals surface area contributed by atoms with Gasteiger partial charge in [-0.25, -0.2) is 8.42 Å². The van der Waals surface area contributed by atoms with Crippen molar-refractivity contribution in [1.82, 2.24) is 9.62 Å². The van der Waals surface area contributed by atoms with Crippen molar-refractivity contribution in [1.29, 1.82) is 0 Å². The molecule has 0 aliphatic rings. The standard InChI is InChI=1S/C20H24BrClN2O3S/c1-3-4-15(2)23-20(25)14-24(13-16-5-9-18(22)10-6-16)28(26,27)19-11-7-17(21)8-12-19/h5-12,15H,3-4,13-14H2,1-2H3,(H,23,25)/t15-/m0/s1. The predicted molar refractivity (Wildman–Crippen MR) is 116 cm³/mol. The smallest absolute Gasteiger partial charge is 0.243 e. The molecule has 1 N–H and O–H groups in total. The summed E-state index contributed by atoms with van der Waals surface area (Å²) in [6, 6.07) is 13.3. The van der Waals surface area contributed by atoms with E-state index in [0.717, 1.165) is 22.9 Å². The van der Waals surface area contributed by atoms with Gasteiger partial charge < -0.3 is 5.32 Å². The van der Waals surface area contributed by atoms with Crippen molar-refractivity contribution in [2.24, 2.45) is 0 Å². The molecule has 152 valence electrons. The summed E-state index contributed by atoms with van der Waals surface area (Å²) in [7, 11) is -3.85. The van der Waals surface area contributed by atoms with Gasteiger partial charge in [0.1, 0.15) is 0 Å². The van der Waals surface area contributed by atoms with E-state index >= 15 is 0 Å². The van der Waals surface area contributed by atoms with E-state index in [4.69, 9.17) is 11.6 Å². The molecule has 0 bridgehead atoms. The Kier molecular flexibility index (Phi) is 8.49. The lowest BCUT2D eigenvalue weighted by molar-refractivity contribution is -0.122. The fourth-order valence-corrected chi connectivity index (χ4v) is 4.54. The highest BCUT2D eigenvalue weighted by atomic mass is 79.9. The molecule has 0 fully saturated rings. The van der Waals surface area contributed by atoms with Gasteiger partial charge in [0.25, 0.3) is 0 Å². The van der Waals surface area contributed by atoms with E-state index in [1.807, 2.05) is 13.8 Å². The topological polar surface area (TPSA) is 66.5 Å². The summed E-state index contributed by atoms with van der Waals surface area (Å²) in [6.45, 7) is 3.77. The van der Waals surface area contributed by atoms with Crippen LogP contribution in [0.4, 0.5) is 0 Å². The lowest BCUT2D eigenvalue weighted by atomic mass is 10.2. The number of carbonyl (C=O) groups excluding carboxylic acids is 1. The average Bonchev–Trinajstić information content (AvgIpc) is 2.63. The Labute approximate surface area is 180 Å². The Morgan fingerprint density at radius 3 is 2.32 bits per heavy atom. The molecule has 0 radical (unpaired) electrons. The first-order valence-corrected chi connectivity index (χ1v) is 11.6. The minimum atomic E-state index is -3.85. The largest absolute Gasteiger partial charge is 0.353 e. The zero-order chi connectivity index (χ0) is 20.7. The number of rotatable bonds is 9. The molecule has 2 aromatic carbocycles. The highest BCUT2D eigenvalue weighted by Gasteiger charge is 2.27. The molecule has 2 aromatic rings. The van der Waals surface area contributed by atoms with E-state index in [2.05, 4.69) is 21.2 Å². The van der Waals surface area contributed by atoms with Crippen LogP contribution in [0.5, 0.6) is 0 Å². The van der Waals surface area contributed by atoms with Gasteiger partial charge in [-0.2, -0.15) is 4.31 Å². The van der Waals surface area contributed by atoms with Crippen LogP contribution in [0.2, 0.25) is 5.02 Å². The Balaban J connectivity index is 2.27. The lowest BCUT2D eigenvalue weighted by Crippen LogP contribution is -2.43. The van der Waals surface area contributed by atoms with Gasteiger partial charge in [-0.3, -0.25) is 4.79 Å². The van der Waals surface area contributed by atoms with E-state index in [0.29, 0.717) is 5.02 Å². The maximum atomic E-state index is 13.2. The highest BCUT2D eigenvalue weighted by Crippen LogP contribution is 2.21. The van der Waals surface area contributed by atoms with Crippen molar-refractivity contribution in [3.63, 3.8) is 0 Å². The van der Waals surface area contributed by atoms with E-state index in [1.165, 1.54) is 16.4 Å². The van der Waals surface area contributed by atoms with Crippen molar-refractivity contribution in [2.45, 2.75) is 44.2 Å². The normalized spacial score (nSPS) is 12.8. The number of hydrogen-bond acceptors (Lipinski definition) is 3. The fourth-order valence-electron chi connectivity index (χ4n) is 2.76. The molecule has 0 aliphatic heterocycles. The highest BCUT2D eigenvalue weighted by molar-refractivity contribution is 9.10. The van der Waals surface area contributed by atoms with Gasteiger partial charge in [-0.05, 0) is 55.3 Å². The van der Waals surface area contributed by atoms with Gasteiger partial charge in [-0.1, -0.05) is 53.0 Å². The Bertz CT molecular complexity index is 887. The third kappa shape index (κ3) is 6.58. The van der Waals surface area contributed by atoms with Gasteiger partial charge in [-0.15, -0.1) is 0 Å². The maximum absolute atomic E-state index is 13.2. The Morgan fingerprint density at radius 1 is 1.14 bits per heavy atom. The number of hydrogen-bond donors (Lipinski definition) is 1. The minimum Gasteiger partial charge on any atom is -0.353 e. The van der Waals surface area contributed by atoms with Crippen LogP contribution in [0.15, 0.2) is 57.9 Å². The molecule has 5 nitrogen and oxygen atoms in total. The summed E-state index contributed by atoms with van der Waals surface area (Å²) in [4.78, 5) is 12.6. The van der Waals surface area contributed by atoms with Gasteiger partial charge in [0.2, 0.25) is 15.9 Å².